The molecular weight excluding hydrogens is 279 g/mol. The van der Waals surface area contributed by atoms with E-state index in [0.717, 1.165) is 38.4 Å². The number of piperidine rings is 1. The third-order valence-corrected chi connectivity index (χ3v) is 4.87. The summed E-state index contributed by atoms with van der Waals surface area (Å²) in [5, 5.41) is 9.18. The van der Waals surface area contributed by atoms with E-state index in [1.165, 1.54) is 25.5 Å². The Bertz CT molecular complexity index is 560. The van der Waals surface area contributed by atoms with Crippen molar-refractivity contribution in [3.8, 4) is 6.07 Å². The van der Waals surface area contributed by atoms with Gasteiger partial charge in [0.15, 0.2) is 0 Å². The van der Waals surface area contributed by atoms with Crippen LogP contribution in [-0.4, -0.2) is 62.2 Å². The van der Waals surface area contributed by atoms with E-state index in [9.17, 15) is 9.65 Å². The first-order chi connectivity index (χ1) is 10.7. The van der Waals surface area contributed by atoms with E-state index >= 15 is 0 Å². The van der Waals surface area contributed by atoms with Crippen LogP contribution in [0.1, 0.15) is 18.4 Å². The number of nitrogens with zero attached hydrogens (tertiary/aromatic N) is 4. The molecule has 1 aromatic rings. The first kappa shape index (κ1) is 15.3. The number of halogens is 1. The largest absolute Gasteiger partial charge is 0.368 e. The molecule has 0 saturated carbocycles. The second-order valence-corrected chi connectivity index (χ2v) is 6.33. The molecule has 2 heterocycles. The van der Waals surface area contributed by atoms with E-state index in [-0.39, 0.29) is 5.56 Å². The zero-order valence-electron chi connectivity index (χ0n) is 13.1. The number of likely N-dealkylation sites (N-methyl/N-ethyl adjacent to an activating group) is 1. The summed E-state index contributed by atoms with van der Waals surface area (Å²) in [6.07, 6.45) is 2.54. The summed E-state index contributed by atoms with van der Waals surface area (Å²) in [5.74, 6) is -0.420. The van der Waals surface area contributed by atoms with E-state index in [2.05, 4.69) is 21.7 Å². The van der Waals surface area contributed by atoms with Gasteiger partial charge in [-0.05, 0) is 38.6 Å². The summed E-state index contributed by atoms with van der Waals surface area (Å²) in [7, 11) is 2.19. The van der Waals surface area contributed by atoms with E-state index in [1.807, 2.05) is 12.1 Å². The van der Waals surface area contributed by atoms with Crippen LogP contribution in [0.4, 0.5) is 10.1 Å². The fraction of sp³-hybridized carbons (Fsp3) is 0.588. The van der Waals surface area contributed by atoms with Crippen LogP contribution in [0.5, 0.6) is 0 Å². The Balaban J connectivity index is 1.65. The minimum Gasteiger partial charge on any atom is -0.368 e. The molecule has 2 saturated heterocycles. The highest BCUT2D eigenvalue weighted by molar-refractivity contribution is 5.60. The molecule has 0 spiro atoms. The fourth-order valence-corrected chi connectivity index (χ4v) is 3.65. The van der Waals surface area contributed by atoms with Crippen LogP contribution in [0.3, 0.4) is 0 Å². The highest BCUT2D eigenvalue weighted by Gasteiger charge is 2.27. The summed E-state index contributed by atoms with van der Waals surface area (Å²) >= 11 is 0. The number of hydrogen-bond donors (Lipinski definition) is 0. The van der Waals surface area contributed by atoms with Crippen LogP contribution in [0.25, 0.3) is 0 Å². The average Bonchev–Trinajstić information content (AvgIpc) is 2.55. The predicted molar refractivity (Wildman–Crippen MR) is 85.4 cm³/mol. The standard InChI is InChI=1S/C17H23FN4/c1-20-7-3-4-14(13-20)21-8-10-22(11-9-21)17-6-2-5-16(18)15(17)12-19/h2,5-6,14H,3-4,7-11,13H2,1H3. The molecule has 0 radical (unpaired) electrons. The number of rotatable bonds is 2. The molecule has 1 atom stereocenters. The van der Waals surface area contributed by atoms with Gasteiger partial charge in [-0.2, -0.15) is 5.26 Å². The Hall–Kier alpha value is -1.64. The maximum absolute atomic E-state index is 13.8. The van der Waals surface area contributed by atoms with Crippen molar-refractivity contribution in [2.45, 2.75) is 18.9 Å². The van der Waals surface area contributed by atoms with Crippen LogP contribution in [-0.2, 0) is 0 Å². The number of anilines is 1. The topological polar surface area (TPSA) is 33.5 Å². The first-order valence-corrected chi connectivity index (χ1v) is 8.05. The zero-order valence-corrected chi connectivity index (χ0v) is 13.1. The maximum Gasteiger partial charge on any atom is 0.143 e. The van der Waals surface area contributed by atoms with Crippen molar-refractivity contribution in [3.05, 3.63) is 29.6 Å². The van der Waals surface area contributed by atoms with Gasteiger partial charge in [0.1, 0.15) is 17.4 Å². The summed E-state index contributed by atoms with van der Waals surface area (Å²) in [6.45, 7) is 6.03. The Morgan fingerprint density at radius 3 is 2.64 bits per heavy atom. The second-order valence-electron chi connectivity index (χ2n) is 6.33. The van der Waals surface area contributed by atoms with Gasteiger partial charge in [0.2, 0.25) is 0 Å². The molecule has 0 N–H and O–H groups in total. The average molecular weight is 302 g/mol. The van der Waals surface area contributed by atoms with Crippen molar-refractivity contribution in [2.24, 2.45) is 0 Å². The van der Waals surface area contributed by atoms with Crippen LogP contribution in [0.2, 0.25) is 0 Å². The van der Waals surface area contributed by atoms with E-state index in [0.29, 0.717) is 6.04 Å². The van der Waals surface area contributed by atoms with Crippen LogP contribution < -0.4 is 4.90 Å². The summed E-state index contributed by atoms with van der Waals surface area (Å²) in [4.78, 5) is 7.10. The minimum atomic E-state index is -0.420. The van der Waals surface area contributed by atoms with Crippen LogP contribution in [0.15, 0.2) is 18.2 Å². The minimum absolute atomic E-state index is 0.174. The Morgan fingerprint density at radius 1 is 1.18 bits per heavy atom. The normalized spacial score (nSPS) is 24.2. The molecule has 2 aliphatic heterocycles. The molecule has 118 valence electrons. The number of likely N-dealkylation sites (tertiary alicyclic amines) is 1. The molecule has 22 heavy (non-hydrogen) atoms. The van der Waals surface area contributed by atoms with Crippen LogP contribution in [0, 0.1) is 17.1 Å². The quantitative estimate of drug-likeness (QED) is 0.836. The van der Waals surface area contributed by atoms with E-state index in [1.54, 1.807) is 6.07 Å². The van der Waals surface area contributed by atoms with E-state index < -0.39 is 5.82 Å². The predicted octanol–water partition coefficient (Wildman–Crippen LogP) is 1.91. The molecule has 0 aromatic heterocycles. The van der Waals surface area contributed by atoms with Gasteiger partial charge in [-0.1, -0.05) is 6.07 Å². The maximum atomic E-state index is 13.8. The van der Waals surface area contributed by atoms with Gasteiger partial charge in [-0.15, -0.1) is 0 Å². The number of benzene rings is 1. The molecule has 0 aliphatic carbocycles. The molecule has 5 heteroatoms. The smallest absolute Gasteiger partial charge is 0.143 e. The third kappa shape index (κ3) is 3.08. The van der Waals surface area contributed by atoms with Crippen molar-refractivity contribution in [1.82, 2.24) is 9.80 Å². The SMILES string of the molecule is CN1CCCC(N2CCN(c3cccc(F)c3C#N)CC2)C1. The Morgan fingerprint density at radius 2 is 1.95 bits per heavy atom. The monoisotopic (exact) mass is 302 g/mol. The van der Waals surface area contributed by atoms with Gasteiger partial charge < -0.3 is 9.80 Å². The van der Waals surface area contributed by atoms with Gasteiger partial charge in [0.05, 0.1) is 5.69 Å². The molecular formula is C17H23FN4. The van der Waals surface area contributed by atoms with Crippen LogP contribution >= 0.6 is 0 Å². The van der Waals surface area contributed by atoms with Crippen molar-refractivity contribution >= 4 is 5.69 Å². The summed E-state index contributed by atoms with van der Waals surface area (Å²) in [6, 6.07) is 7.55. The lowest BCUT2D eigenvalue weighted by atomic mass is 10.0. The molecule has 2 aliphatic rings. The van der Waals surface area contributed by atoms with Gasteiger partial charge in [-0.3, -0.25) is 4.90 Å². The van der Waals surface area contributed by atoms with Gasteiger partial charge >= 0.3 is 0 Å². The number of hydrogen-bond acceptors (Lipinski definition) is 4. The lowest BCUT2D eigenvalue weighted by Gasteiger charge is -2.43. The molecule has 2 fully saturated rings. The molecule has 1 aromatic carbocycles. The number of piperazine rings is 1. The highest BCUT2D eigenvalue weighted by Crippen LogP contribution is 2.25. The Kier molecular flexibility index (Phi) is 4.60. The van der Waals surface area contributed by atoms with Crippen molar-refractivity contribution in [1.29, 1.82) is 5.26 Å². The van der Waals surface area contributed by atoms with Gasteiger partial charge in [-0.25, -0.2) is 4.39 Å². The lowest BCUT2D eigenvalue weighted by Crippen LogP contribution is -2.54. The van der Waals surface area contributed by atoms with Crippen molar-refractivity contribution in [3.63, 3.8) is 0 Å². The highest BCUT2D eigenvalue weighted by atomic mass is 19.1. The summed E-state index contributed by atoms with van der Waals surface area (Å²) in [5.41, 5.74) is 0.913. The molecule has 3 rings (SSSR count). The second kappa shape index (κ2) is 6.64. The summed E-state index contributed by atoms with van der Waals surface area (Å²) < 4.78 is 13.8. The third-order valence-electron chi connectivity index (χ3n) is 4.87. The van der Waals surface area contributed by atoms with Crippen molar-refractivity contribution in [2.75, 3.05) is 51.2 Å². The number of nitriles is 1. The zero-order chi connectivity index (χ0) is 15.5. The molecule has 0 bridgehead atoms. The fourth-order valence-electron chi connectivity index (χ4n) is 3.65. The Labute approximate surface area is 131 Å². The lowest BCUT2D eigenvalue weighted by molar-refractivity contribution is 0.106. The van der Waals surface area contributed by atoms with E-state index in [4.69, 9.17) is 0 Å². The molecule has 1 unspecified atom stereocenters. The van der Waals surface area contributed by atoms with Gasteiger partial charge in [0.25, 0.3) is 0 Å². The molecule has 4 nitrogen and oxygen atoms in total. The first-order valence-electron chi connectivity index (χ1n) is 8.05. The molecule has 0 amide bonds. The van der Waals surface area contributed by atoms with Gasteiger partial charge in [0, 0.05) is 38.8 Å². The van der Waals surface area contributed by atoms with Crippen molar-refractivity contribution < 1.29 is 4.39 Å².